The number of anilines is 1. The molecule has 3 rings (SSSR count). The molecule has 1 N–H and O–H groups in total. The molecule has 2 aromatic heterocycles. The van der Waals surface area contributed by atoms with Crippen LogP contribution in [0.1, 0.15) is 18.6 Å². The molecule has 0 saturated carbocycles. The minimum atomic E-state index is -0.0545. The molecule has 1 unspecified atom stereocenters. The SMILES string of the molecule is O=C(NCc1ccco1)C1CCCN(c2ccc(Cl)nn2)C1. The van der Waals surface area contributed by atoms with Crippen molar-refractivity contribution >= 4 is 23.3 Å². The topological polar surface area (TPSA) is 71.3 Å². The molecule has 0 aromatic carbocycles. The van der Waals surface area contributed by atoms with Crippen LogP contribution in [0, 0.1) is 5.92 Å². The molecular weight excluding hydrogens is 304 g/mol. The summed E-state index contributed by atoms with van der Waals surface area (Å²) in [4.78, 5) is 14.4. The first-order chi connectivity index (χ1) is 10.7. The van der Waals surface area contributed by atoms with Crippen molar-refractivity contribution in [3.05, 3.63) is 41.4 Å². The molecule has 3 heterocycles. The molecule has 116 valence electrons. The molecule has 7 heteroatoms. The second-order valence-corrected chi connectivity index (χ2v) is 5.68. The Morgan fingerprint density at radius 3 is 3.05 bits per heavy atom. The number of halogens is 1. The molecule has 0 spiro atoms. The fourth-order valence-corrected chi connectivity index (χ4v) is 2.71. The quantitative estimate of drug-likeness (QED) is 0.935. The van der Waals surface area contributed by atoms with Gasteiger partial charge in [0.1, 0.15) is 5.76 Å². The molecule has 1 aliphatic rings. The summed E-state index contributed by atoms with van der Waals surface area (Å²) in [6.07, 6.45) is 3.42. The van der Waals surface area contributed by atoms with Gasteiger partial charge >= 0.3 is 0 Å². The van der Waals surface area contributed by atoms with E-state index < -0.39 is 0 Å². The zero-order chi connectivity index (χ0) is 15.4. The van der Waals surface area contributed by atoms with Crippen LogP contribution in [0.5, 0.6) is 0 Å². The minimum absolute atomic E-state index is 0.0445. The summed E-state index contributed by atoms with van der Waals surface area (Å²) in [5.74, 6) is 1.50. The summed E-state index contributed by atoms with van der Waals surface area (Å²) < 4.78 is 5.22. The lowest BCUT2D eigenvalue weighted by Gasteiger charge is -2.32. The van der Waals surface area contributed by atoms with E-state index in [1.54, 1.807) is 12.3 Å². The lowest BCUT2D eigenvalue weighted by molar-refractivity contribution is -0.125. The summed E-state index contributed by atoms with van der Waals surface area (Å²) >= 11 is 5.75. The van der Waals surface area contributed by atoms with Gasteiger partial charge in [-0.25, -0.2) is 0 Å². The summed E-state index contributed by atoms with van der Waals surface area (Å²) in [6, 6.07) is 7.20. The highest BCUT2D eigenvalue weighted by atomic mass is 35.5. The van der Waals surface area contributed by atoms with Crippen LogP contribution in [0.15, 0.2) is 34.9 Å². The molecule has 2 aromatic rings. The fraction of sp³-hybridized carbons (Fsp3) is 0.400. The normalized spacial score (nSPS) is 18.2. The number of piperidine rings is 1. The summed E-state index contributed by atoms with van der Waals surface area (Å²) in [5.41, 5.74) is 0. The van der Waals surface area contributed by atoms with Crippen molar-refractivity contribution in [2.75, 3.05) is 18.0 Å². The average molecular weight is 321 g/mol. The number of carbonyl (C=O) groups excluding carboxylic acids is 1. The van der Waals surface area contributed by atoms with Crippen LogP contribution in [0.4, 0.5) is 5.82 Å². The fourth-order valence-electron chi connectivity index (χ4n) is 2.61. The number of aromatic nitrogens is 2. The van der Waals surface area contributed by atoms with Crippen molar-refractivity contribution in [2.24, 2.45) is 5.92 Å². The van der Waals surface area contributed by atoms with Gasteiger partial charge in [0.15, 0.2) is 11.0 Å². The zero-order valence-corrected chi connectivity index (χ0v) is 12.8. The molecule has 0 radical (unpaired) electrons. The Bertz CT molecular complexity index is 615. The van der Waals surface area contributed by atoms with E-state index in [0.717, 1.165) is 31.0 Å². The molecule has 6 nitrogen and oxygen atoms in total. The standard InChI is InChI=1S/C15H17ClN4O2/c16-13-5-6-14(19-18-13)20-7-1-3-11(10-20)15(21)17-9-12-4-2-8-22-12/h2,4-6,8,11H,1,3,7,9-10H2,(H,17,21). The average Bonchev–Trinajstić information content (AvgIpc) is 3.07. The van der Waals surface area contributed by atoms with Gasteiger partial charge in [-0.2, -0.15) is 0 Å². The van der Waals surface area contributed by atoms with E-state index in [1.807, 2.05) is 18.2 Å². The second-order valence-electron chi connectivity index (χ2n) is 5.30. The van der Waals surface area contributed by atoms with Gasteiger partial charge in [-0.05, 0) is 37.1 Å². The van der Waals surface area contributed by atoms with Crippen LogP contribution < -0.4 is 10.2 Å². The largest absolute Gasteiger partial charge is 0.467 e. The van der Waals surface area contributed by atoms with Gasteiger partial charge in [-0.3, -0.25) is 4.79 Å². The highest BCUT2D eigenvalue weighted by Gasteiger charge is 2.26. The van der Waals surface area contributed by atoms with E-state index in [2.05, 4.69) is 20.4 Å². The van der Waals surface area contributed by atoms with Gasteiger partial charge in [0, 0.05) is 13.1 Å². The van der Waals surface area contributed by atoms with Crippen molar-refractivity contribution in [1.29, 1.82) is 0 Å². The summed E-state index contributed by atoms with van der Waals surface area (Å²) in [7, 11) is 0. The van der Waals surface area contributed by atoms with Crippen LogP contribution in [-0.2, 0) is 11.3 Å². The maximum atomic E-state index is 12.3. The number of nitrogens with one attached hydrogen (secondary N) is 1. The van der Waals surface area contributed by atoms with E-state index in [0.29, 0.717) is 18.2 Å². The molecule has 1 aliphatic heterocycles. The van der Waals surface area contributed by atoms with Crippen LogP contribution in [0.25, 0.3) is 0 Å². The number of hydrogen-bond acceptors (Lipinski definition) is 5. The first-order valence-electron chi connectivity index (χ1n) is 7.26. The minimum Gasteiger partial charge on any atom is -0.467 e. The number of hydrogen-bond donors (Lipinski definition) is 1. The highest BCUT2D eigenvalue weighted by molar-refractivity contribution is 6.29. The van der Waals surface area contributed by atoms with Crippen molar-refractivity contribution in [1.82, 2.24) is 15.5 Å². The third kappa shape index (κ3) is 3.57. The maximum absolute atomic E-state index is 12.3. The smallest absolute Gasteiger partial charge is 0.225 e. The van der Waals surface area contributed by atoms with E-state index >= 15 is 0 Å². The highest BCUT2D eigenvalue weighted by Crippen LogP contribution is 2.22. The molecule has 0 aliphatic carbocycles. The Morgan fingerprint density at radius 2 is 2.32 bits per heavy atom. The second kappa shape index (κ2) is 6.79. The number of rotatable bonds is 4. The van der Waals surface area contributed by atoms with E-state index in [-0.39, 0.29) is 11.8 Å². The van der Waals surface area contributed by atoms with E-state index in [4.69, 9.17) is 16.0 Å². The lowest BCUT2D eigenvalue weighted by atomic mass is 9.97. The predicted molar refractivity (Wildman–Crippen MR) is 82.5 cm³/mol. The summed E-state index contributed by atoms with van der Waals surface area (Å²) in [5, 5.41) is 11.2. The number of nitrogens with zero attached hydrogens (tertiary/aromatic N) is 3. The van der Waals surface area contributed by atoms with Crippen LogP contribution in [-0.4, -0.2) is 29.2 Å². The Balaban J connectivity index is 1.57. The first-order valence-corrected chi connectivity index (χ1v) is 7.64. The molecule has 1 atom stereocenters. The monoisotopic (exact) mass is 320 g/mol. The molecular formula is C15H17ClN4O2. The number of carbonyl (C=O) groups is 1. The van der Waals surface area contributed by atoms with Gasteiger partial charge in [-0.1, -0.05) is 11.6 Å². The molecule has 22 heavy (non-hydrogen) atoms. The van der Waals surface area contributed by atoms with Crippen molar-refractivity contribution < 1.29 is 9.21 Å². The van der Waals surface area contributed by atoms with E-state index in [1.165, 1.54) is 0 Å². The van der Waals surface area contributed by atoms with Crippen LogP contribution in [0.3, 0.4) is 0 Å². The van der Waals surface area contributed by atoms with Gasteiger partial charge in [0.25, 0.3) is 0 Å². The maximum Gasteiger partial charge on any atom is 0.225 e. The third-order valence-electron chi connectivity index (χ3n) is 3.75. The molecule has 1 saturated heterocycles. The van der Waals surface area contributed by atoms with Gasteiger partial charge < -0.3 is 14.6 Å². The Kier molecular flexibility index (Phi) is 4.58. The van der Waals surface area contributed by atoms with Gasteiger partial charge in [0.05, 0.1) is 18.7 Å². The van der Waals surface area contributed by atoms with Crippen LogP contribution in [0.2, 0.25) is 5.15 Å². The third-order valence-corrected chi connectivity index (χ3v) is 3.95. The molecule has 1 amide bonds. The van der Waals surface area contributed by atoms with Crippen molar-refractivity contribution in [2.45, 2.75) is 19.4 Å². The molecule has 0 bridgehead atoms. The number of furan rings is 1. The Labute approximate surface area is 133 Å². The Morgan fingerprint density at radius 1 is 1.41 bits per heavy atom. The van der Waals surface area contributed by atoms with Crippen molar-refractivity contribution in [3.63, 3.8) is 0 Å². The number of amides is 1. The zero-order valence-electron chi connectivity index (χ0n) is 12.0. The summed E-state index contributed by atoms with van der Waals surface area (Å²) in [6.45, 7) is 1.93. The predicted octanol–water partition coefficient (Wildman–Crippen LogP) is 2.26. The van der Waals surface area contributed by atoms with Gasteiger partial charge in [-0.15, -0.1) is 10.2 Å². The Hall–Kier alpha value is -2.08. The van der Waals surface area contributed by atoms with Crippen LogP contribution >= 0.6 is 11.6 Å². The lowest BCUT2D eigenvalue weighted by Crippen LogP contribution is -2.43. The first kappa shape index (κ1) is 14.8. The molecule has 1 fully saturated rings. The van der Waals surface area contributed by atoms with E-state index in [9.17, 15) is 4.79 Å². The van der Waals surface area contributed by atoms with Gasteiger partial charge in [0.2, 0.25) is 5.91 Å². The van der Waals surface area contributed by atoms with Crippen molar-refractivity contribution in [3.8, 4) is 0 Å².